The topological polar surface area (TPSA) is 70.7 Å². The zero-order valence-electron chi connectivity index (χ0n) is 14.4. The summed E-state index contributed by atoms with van der Waals surface area (Å²) in [6, 6.07) is 7.20. The smallest absolute Gasteiger partial charge is 0.251 e. The average molecular weight is 357 g/mol. The molecule has 1 aliphatic rings. The molecule has 0 aliphatic carbocycles. The number of amides is 1. The number of carbonyl (C=O) groups excluding carboxylic acids is 1. The number of benzene rings is 1. The number of hydrogen-bond donors (Lipinski definition) is 1. The molecule has 1 aromatic heterocycles. The summed E-state index contributed by atoms with van der Waals surface area (Å²) in [5.74, 6) is 0.443. The normalized spacial score (nSPS) is 18.8. The van der Waals surface area contributed by atoms with Crippen LogP contribution in [0.25, 0.3) is 0 Å². The van der Waals surface area contributed by atoms with Gasteiger partial charge in [-0.05, 0) is 37.3 Å². The van der Waals surface area contributed by atoms with Crippen molar-refractivity contribution in [2.24, 2.45) is 5.92 Å². The minimum atomic E-state index is -0.909. The molecule has 1 N–H and O–H groups in total. The highest BCUT2D eigenvalue weighted by molar-refractivity contribution is 6.32. The number of aryl methyl sites for hydroxylation is 1. The molecule has 5 nitrogen and oxygen atoms in total. The van der Waals surface area contributed by atoms with Gasteiger partial charge in [0.2, 0.25) is 0 Å². The number of halogens is 1. The molecule has 6 heteroatoms. The predicted molar refractivity (Wildman–Crippen MR) is 96.3 cm³/mol. The number of nitrogens with one attached hydrogen (secondary N) is 1. The van der Waals surface area contributed by atoms with Crippen molar-refractivity contribution in [2.75, 3.05) is 6.54 Å². The second-order valence-corrected chi connectivity index (χ2v) is 7.27. The number of imidazole rings is 1. The molecule has 1 atom stereocenters. The highest BCUT2D eigenvalue weighted by Gasteiger charge is 2.47. The highest BCUT2D eigenvalue weighted by atomic mass is 35.5. The first kappa shape index (κ1) is 17.5. The molecular formula is C19H21ClN4O. The zero-order valence-corrected chi connectivity index (χ0v) is 15.2. The van der Waals surface area contributed by atoms with Crippen molar-refractivity contribution < 1.29 is 4.79 Å². The van der Waals surface area contributed by atoms with Crippen LogP contribution in [0.4, 0.5) is 0 Å². The van der Waals surface area contributed by atoms with Crippen LogP contribution >= 0.6 is 11.6 Å². The molecule has 0 saturated heterocycles. The van der Waals surface area contributed by atoms with E-state index in [1.807, 2.05) is 4.57 Å². The molecule has 0 saturated carbocycles. The fourth-order valence-electron chi connectivity index (χ4n) is 3.43. The van der Waals surface area contributed by atoms with Crippen LogP contribution < -0.4 is 5.32 Å². The molecule has 3 rings (SSSR count). The standard InChI is InChI=1S/C19H21ClN4O/c1-13(2)6-8-23-18(25)19(7-5-15-11-22-12-24(15)19)16-4-3-14(10-21)9-17(16)20/h3-4,9,11-13H,5-8H2,1-2H3,(H,23,25). The van der Waals surface area contributed by atoms with Crippen molar-refractivity contribution in [3.8, 4) is 6.07 Å². The second-order valence-electron chi connectivity index (χ2n) is 6.86. The van der Waals surface area contributed by atoms with Crippen molar-refractivity contribution in [2.45, 2.75) is 38.6 Å². The summed E-state index contributed by atoms with van der Waals surface area (Å²) in [4.78, 5) is 17.4. The first-order valence-corrected chi connectivity index (χ1v) is 8.87. The summed E-state index contributed by atoms with van der Waals surface area (Å²) >= 11 is 6.47. The van der Waals surface area contributed by atoms with Gasteiger partial charge in [0.15, 0.2) is 5.54 Å². The van der Waals surface area contributed by atoms with E-state index in [9.17, 15) is 4.79 Å². The SMILES string of the molecule is CC(C)CCNC(=O)C1(c2ccc(C#N)cc2Cl)CCc2cncn21. The van der Waals surface area contributed by atoms with Crippen molar-refractivity contribution in [3.63, 3.8) is 0 Å². The lowest BCUT2D eigenvalue weighted by Gasteiger charge is -2.31. The van der Waals surface area contributed by atoms with E-state index in [0.717, 1.165) is 18.5 Å². The van der Waals surface area contributed by atoms with Gasteiger partial charge in [-0.15, -0.1) is 0 Å². The number of nitrogens with zero attached hydrogens (tertiary/aromatic N) is 3. The van der Waals surface area contributed by atoms with Gasteiger partial charge in [-0.3, -0.25) is 4.79 Å². The Hall–Kier alpha value is -2.32. The van der Waals surface area contributed by atoms with Gasteiger partial charge in [0, 0.05) is 29.0 Å². The molecule has 2 aromatic rings. The van der Waals surface area contributed by atoms with E-state index >= 15 is 0 Å². The minimum absolute atomic E-state index is 0.0727. The summed E-state index contributed by atoms with van der Waals surface area (Å²) in [6.45, 7) is 4.88. The van der Waals surface area contributed by atoms with Crippen LogP contribution in [-0.4, -0.2) is 22.0 Å². The monoisotopic (exact) mass is 356 g/mol. The molecule has 0 bridgehead atoms. The number of carbonyl (C=O) groups is 1. The summed E-state index contributed by atoms with van der Waals surface area (Å²) in [6.07, 6.45) is 5.79. The third-order valence-corrected chi connectivity index (χ3v) is 5.11. The zero-order chi connectivity index (χ0) is 18.0. The molecule has 1 amide bonds. The van der Waals surface area contributed by atoms with Crippen LogP contribution in [0.5, 0.6) is 0 Å². The molecule has 0 spiro atoms. The second kappa shape index (κ2) is 6.89. The van der Waals surface area contributed by atoms with Crippen molar-refractivity contribution in [3.05, 3.63) is 52.6 Å². The van der Waals surface area contributed by atoms with E-state index < -0.39 is 5.54 Å². The van der Waals surface area contributed by atoms with Gasteiger partial charge in [0.25, 0.3) is 5.91 Å². The van der Waals surface area contributed by atoms with Crippen LogP contribution in [0.15, 0.2) is 30.7 Å². The van der Waals surface area contributed by atoms with Gasteiger partial charge < -0.3 is 9.88 Å². The maximum Gasteiger partial charge on any atom is 0.251 e. The maximum absolute atomic E-state index is 13.2. The Balaban J connectivity index is 2.03. The lowest BCUT2D eigenvalue weighted by Crippen LogP contribution is -2.48. The quantitative estimate of drug-likeness (QED) is 0.893. The third kappa shape index (κ3) is 3.03. The van der Waals surface area contributed by atoms with E-state index in [1.54, 1.807) is 30.7 Å². The van der Waals surface area contributed by atoms with Gasteiger partial charge in [-0.1, -0.05) is 31.5 Å². The van der Waals surface area contributed by atoms with Crippen molar-refractivity contribution >= 4 is 17.5 Å². The lowest BCUT2D eigenvalue weighted by molar-refractivity contribution is -0.127. The van der Waals surface area contributed by atoms with Gasteiger partial charge in [0.05, 0.1) is 18.0 Å². The molecule has 1 aromatic carbocycles. The van der Waals surface area contributed by atoms with E-state index in [2.05, 4.69) is 30.2 Å². The van der Waals surface area contributed by atoms with E-state index in [1.165, 1.54) is 0 Å². The Morgan fingerprint density at radius 1 is 1.52 bits per heavy atom. The predicted octanol–water partition coefficient (Wildman–Crippen LogP) is 3.26. The summed E-state index contributed by atoms with van der Waals surface area (Å²) in [5, 5.41) is 12.6. The number of rotatable bonds is 5. The van der Waals surface area contributed by atoms with Gasteiger partial charge in [-0.25, -0.2) is 4.98 Å². The average Bonchev–Trinajstić information content (AvgIpc) is 3.17. The number of aromatic nitrogens is 2. The first-order chi connectivity index (χ1) is 12.0. The molecule has 25 heavy (non-hydrogen) atoms. The van der Waals surface area contributed by atoms with Crippen LogP contribution in [0.1, 0.15) is 43.5 Å². The summed E-state index contributed by atoms with van der Waals surface area (Å²) in [7, 11) is 0. The Morgan fingerprint density at radius 2 is 2.32 bits per heavy atom. The number of nitriles is 1. The highest BCUT2D eigenvalue weighted by Crippen LogP contribution is 2.41. The van der Waals surface area contributed by atoms with Crippen LogP contribution in [0, 0.1) is 17.2 Å². The first-order valence-electron chi connectivity index (χ1n) is 8.49. The fourth-order valence-corrected chi connectivity index (χ4v) is 3.77. The van der Waals surface area contributed by atoms with E-state index in [0.29, 0.717) is 35.0 Å². The van der Waals surface area contributed by atoms with Gasteiger partial charge in [0.1, 0.15) is 0 Å². The van der Waals surface area contributed by atoms with E-state index in [4.69, 9.17) is 16.9 Å². The summed E-state index contributed by atoms with van der Waals surface area (Å²) < 4.78 is 1.92. The Kier molecular flexibility index (Phi) is 4.82. The fraction of sp³-hybridized carbons (Fsp3) is 0.421. The molecule has 2 heterocycles. The van der Waals surface area contributed by atoms with Gasteiger partial charge >= 0.3 is 0 Å². The Labute approximate surface area is 152 Å². The van der Waals surface area contributed by atoms with Crippen LogP contribution in [-0.2, 0) is 16.8 Å². The molecule has 130 valence electrons. The largest absolute Gasteiger partial charge is 0.354 e. The van der Waals surface area contributed by atoms with Crippen LogP contribution in [0.2, 0.25) is 5.02 Å². The molecule has 0 radical (unpaired) electrons. The third-order valence-electron chi connectivity index (χ3n) is 4.80. The lowest BCUT2D eigenvalue weighted by atomic mass is 9.85. The number of fused-ring (bicyclic) bond motifs is 1. The molecule has 0 fully saturated rings. The van der Waals surface area contributed by atoms with E-state index in [-0.39, 0.29) is 5.91 Å². The minimum Gasteiger partial charge on any atom is -0.354 e. The van der Waals surface area contributed by atoms with Crippen molar-refractivity contribution in [1.82, 2.24) is 14.9 Å². The number of hydrogen-bond acceptors (Lipinski definition) is 3. The van der Waals surface area contributed by atoms with Gasteiger partial charge in [-0.2, -0.15) is 5.26 Å². The Bertz CT molecular complexity index is 836. The maximum atomic E-state index is 13.2. The van der Waals surface area contributed by atoms with Crippen molar-refractivity contribution in [1.29, 1.82) is 5.26 Å². The molecular weight excluding hydrogens is 336 g/mol. The molecule has 1 aliphatic heterocycles. The summed E-state index contributed by atoms with van der Waals surface area (Å²) in [5.41, 5.74) is 1.30. The molecule has 1 unspecified atom stereocenters. The Morgan fingerprint density at radius 3 is 3.00 bits per heavy atom. The van der Waals surface area contributed by atoms with Crippen LogP contribution in [0.3, 0.4) is 0 Å².